The van der Waals surface area contributed by atoms with E-state index in [0.717, 1.165) is 0 Å². The van der Waals surface area contributed by atoms with E-state index in [4.69, 9.17) is 9.47 Å². The quantitative estimate of drug-likeness (QED) is 0.696. The van der Waals surface area contributed by atoms with Crippen LogP contribution in [0.2, 0.25) is 0 Å². The Morgan fingerprint density at radius 1 is 1.41 bits per heavy atom. The maximum Gasteiger partial charge on any atom is 0.407 e. The van der Waals surface area contributed by atoms with Crippen molar-refractivity contribution in [2.45, 2.75) is 49.1 Å². The second-order valence-corrected chi connectivity index (χ2v) is 8.17. The average molecular weight is 404 g/mol. The van der Waals surface area contributed by atoms with Crippen molar-refractivity contribution in [2.24, 2.45) is 7.05 Å². The number of nitrogens with zero attached hydrogens (tertiary/aromatic N) is 3. The van der Waals surface area contributed by atoms with Gasteiger partial charge >= 0.3 is 6.09 Å². The number of amides is 2. The highest BCUT2D eigenvalue weighted by molar-refractivity contribution is 6.02. The van der Waals surface area contributed by atoms with Crippen molar-refractivity contribution in [3.63, 3.8) is 0 Å². The van der Waals surface area contributed by atoms with Gasteiger partial charge < -0.3 is 20.1 Å². The first-order chi connectivity index (χ1) is 13.8. The summed E-state index contributed by atoms with van der Waals surface area (Å²) in [5, 5.41) is 16.4. The van der Waals surface area contributed by atoms with Crippen molar-refractivity contribution in [1.82, 2.24) is 25.3 Å². The predicted molar refractivity (Wildman–Crippen MR) is 96.9 cm³/mol. The molecule has 1 aliphatic heterocycles. The zero-order valence-electron chi connectivity index (χ0n) is 15.8. The monoisotopic (exact) mass is 404 g/mol. The number of ether oxygens (including phenoxy) is 2. The van der Waals surface area contributed by atoms with Gasteiger partial charge in [-0.1, -0.05) is 0 Å². The molecule has 29 heavy (non-hydrogen) atoms. The van der Waals surface area contributed by atoms with Crippen LogP contribution in [0.5, 0.6) is 0 Å². The molecular weight excluding hydrogens is 383 g/mol. The summed E-state index contributed by atoms with van der Waals surface area (Å²) in [4.78, 5) is 24.3. The first-order valence-corrected chi connectivity index (χ1v) is 9.47. The fraction of sp³-hybridized carbons (Fsp3) is 0.556. The van der Waals surface area contributed by atoms with Gasteiger partial charge in [0, 0.05) is 45.0 Å². The minimum absolute atomic E-state index is 0.258. The summed E-state index contributed by atoms with van der Waals surface area (Å²) >= 11 is 0. The van der Waals surface area contributed by atoms with Crippen LogP contribution < -0.4 is 10.6 Å². The number of H-pyrrole nitrogens is 1. The average Bonchev–Trinajstić information content (AvgIpc) is 3.33. The van der Waals surface area contributed by atoms with E-state index < -0.39 is 23.4 Å². The molecule has 0 spiro atoms. The topological polar surface area (TPSA) is 123 Å². The zero-order chi connectivity index (χ0) is 20.2. The second kappa shape index (κ2) is 6.28. The van der Waals surface area contributed by atoms with E-state index in [0.29, 0.717) is 42.9 Å². The minimum atomic E-state index is -1.07. The lowest BCUT2D eigenvalue weighted by Crippen LogP contribution is -2.76. The summed E-state index contributed by atoms with van der Waals surface area (Å²) in [5.74, 6) is 0.0395. The molecule has 0 aromatic carbocycles. The van der Waals surface area contributed by atoms with E-state index in [1.54, 1.807) is 19.2 Å². The summed E-state index contributed by atoms with van der Waals surface area (Å²) in [7, 11) is 1.68. The highest BCUT2D eigenvalue weighted by Crippen LogP contribution is 2.62. The van der Waals surface area contributed by atoms with Crippen molar-refractivity contribution in [2.75, 3.05) is 11.9 Å². The van der Waals surface area contributed by atoms with Crippen molar-refractivity contribution in [3.05, 3.63) is 29.7 Å². The van der Waals surface area contributed by atoms with E-state index in [-0.39, 0.29) is 18.6 Å². The SMILES string of the molecule is Cn1nccc1C(=O)Nc1cc([C@H]2C[C@@H](OC(=O)NC34CC(F)(C3)C4)CO2)[nH]n1. The van der Waals surface area contributed by atoms with Crippen LogP contribution in [0.4, 0.5) is 15.0 Å². The lowest BCUT2D eigenvalue weighted by molar-refractivity contribution is -0.165. The first kappa shape index (κ1) is 18.1. The van der Waals surface area contributed by atoms with E-state index in [1.165, 1.54) is 10.9 Å². The summed E-state index contributed by atoms with van der Waals surface area (Å²) < 4.78 is 26.1. The van der Waals surface area contributed by atoms with Crippen LogP contribution in [0.1, 0.15) is 48.0 Å². The lowest BCUT2D eigenvalue weighted by Gasteiger charge is -2.65. The van der Waals surface area contributed by atoms with Crippen LogP contribution in [0, 0.1) is 0 Å². The Balaban J connectivity index is 1.12. The van der Waals surface area contributed by atoms with Crippen molar-refractivity contribution < 1.29 is 23.5 Å². The Morgan fingerprint density at radius 2 is 2.21 bits per heavy atom. The van der Waals surface area contributed by atoms with Gasteiger partial charge in [0.2, 0.25) is 0 Å². The Morgan fingerprint density at radius 3 is 2.90 bits per heavy atom. The Labute approximate surface area is 165 Å². The first-order valence-electron chi connectivity index (χ1n) is 9.47. The molecule has 3 saturated carbocycles. The molecule has 2 aromatic heterocycles. The maximum absolute atomic E-state index is 13.5. The number of aromatic amines is 1. The molecule has 3 N–H and O–H groups in total. The van der Waals surface area contributed by atoms with E-state index in [9.17, 15) is 14.0 Å². The molecule has 6 rings (SSSR count). The van der Waals surface area contributed by atoms with Gasteiger partial charge in [0.05, 0.1) is 17.8 Å². The molecule has 4 fully saturated rings. The van der Waals surface area contributed by atoms with Crippen LogP contribution >= 0.6 is 0 Å². The summed E-state index contributed by atoms with van der Waals surface area (Å²) in [6.07, 6.45) is 1.87. The standard InChI is InChI=1S/C18H21FN6O4/c1-25-12(2-3-20-25)15(26)21-14-5-11(23-24-14)13-4-10(6-28-13)29-16(27)22-18-7-17(19,8-18)9-18/h2-3,5,10,13H,4,6-9H2,1H3,(H,22,27)(H2,21,23,24,26)/t10-,13-,17?,18?/m1/s1. The zero-order valence-corrected chi connectivity index (χ0v) is 15.8. The van der Waals surface area contributed by atoms with Gasteiger partial charge in [-0.15, -0.1) is 0 Å². The van der Waals surface area contributed by atoms with Crippen LogP contribution in [-0.2, 0) is 16.5 Å². The van der Waals surface area contributed by atoms with Gasteiger partial charge in [0.15, 0.2) is 5.82 Å². The molecule has 3 heterocycles. The van der Waals surface area contributed by atoms with Gasteiger partial charge in [-0.2, -0.15) is 10.2 Å². The lowest BCUT2D eigenvalue weighted by atomic mass is 9.47. The molecule has 0 unspecified atom stereocenters. The fourth-order valence-electron chi connectivity index (χ4n) is 4.43. The Hall–Kier alpha value is -2.95. The number of aromatic nitrogens is 4. The number of alkyl halides is 1. The molecule has 10 nitrogen and oxygen atoms in total. The molecule has 4 aliphatic rings. The molecule has 2 aromatic rings. The van der Waals surface area contributed by atoms with Gasteiger partial charge in [-0.3, -0.25) is 14.6 Å². The number of halogens is 1. The normalized spacial score (nSPS) is 32.2. The maximum atomic E-state index is 13.5. The molecule has 2 bridgehead atoms. The number of anilines is 1. The third-order valence-electron chi connectivity index (χ3n) is 5.81. The smallest absolute Gasteiger partial charge is 0.407 e. The van der Waals surface area contributed by atoms with Crippen molar-refractivity contribution in [1.29, 1.82) is 0 Å². The van der Waals surface area contributed by atoms with Crippen molar-refractivity contribution >= 4 is 17.8 Å². The second-order valence-electron chi connectivity index (χ2n) is 8.17. The molecule has 0 radical (unpaired) electrons. The number of carbonyl (C=O) groups excluding carboxylic acids is 2. The molecule has 11 heteroatoms. The number of rotatable bonds is 5. The van der Waals surface area contributed by atoms with Crippen LogP contribution in [0.25, 0.3) is 0 Å². The third kappa shape index (κ3) is 3.24. The van der Waals surface area contributed by atoms with Gasteiger partial charge in [-0.05, 0) is 6.07 Å². The molecule has 154 valence electrons. The molecular formula is C18H21FN6O4. The third-order valence-corrected chi connectivity index (χ3v) is 5.81. The Bertz CT molecular complexity index is 951. The van der Waals surface area contributed by atoms with E-state index in [2.05, 4.69) is 25.9 Å². The summed E-state index contributed by atoms with van der Waals surface area (Å²) in [5.41, 5.74) is -0.391. The molecule has 2 amide bonds. The van der Waals surface area contributed by atoms with Gasteiger partial charge in [0.1, 0.15) is 23.6 Å². The van der Waals surface area contributed by atoms with Crippen LogP contribution in [0.15, 0.2) is 18.3 Å². The van der Waals surface area contributed by atoms with Gasteiger partial charge in [0.25, 0.3) is 5.91 Å². The number of hydrogen-bond donors (Lipinski definition) is 3. The van der Waals surface area contributed by atoms with E-state index in [1.807, 2.05) is 0 Å². The summed E-state index contributed by atoms with van der Waals surface area (Å²) in [6.45, 7) is 0.258. The van der Waals surface area contributed by atoms with Crippen LogP contribution in [-0.4, -0.2) is 55.9 Å². The molecule has 3 aliphatic carbocycles. The van der Waals surface area contributed by atoms with Gasteiger partial charge in [-0.25, -0.2) is 9.18 Å². The van der Waals surface area contributed by atoms with E-state index >= 15 is 0 Å². The highest BCUT2D eigenvalue weighted by atomic mass is 19.1. The largest absolute Gasteiger partial charge is 0.444 e. The number of alkyl carbamates (subject to hydrolysis) is 1. The van der Waals surface area contributed by atoms with Crippen LogP contribution in [0.3, 0.4) is 0 Å². The summed E-state index contributed by atoms with van der Waals surface area (Å²) in [6, 6.07) is 3.29. The number of carbonyl (C=O) groups is 2. The molecule has 2 atom stereocenters. The fourth-order valence-corrected chi connectivity index (χ4v) is 4.43. The molecule has 1 saturated heterocycles. The number of aryl methyl sites for hydroxylation is 1. The van der Waals surface area contributed by atoms with Crippen molar-refractivity contribution in [3.8, 4) is 0 Å². The predicted octanol–water partition coefficient (Wildman–Crippen LogP) is 1.60. The number of nitrogens with one attached hydrogen (secondary N) is 3. The minimum Gasteiger partial charge on any atom is -0.444 e. The number of hydrogen-bond acceptors (Lipinski definition) is 6. The Kier molecular flexibility index (Phi) is 3.92. The highest BCUT2D eigenvalue weighted by Gasteiger charge is 2.70.